The maximum absolute atomic E-state index is 14.1. The Labute approximate surface area is 112 Å². The van der Waals surface area contributed by atoms with Gasteiger partial charge in [-0.1, -0.05) is 6.92 Å². The number of halogens is 1. The van der Waals surface area contributed by atoms with E-state index in [1.165, 1.54) is 6.07 Å². The highest BCUT2D eigenvalue weighted by Gasteiger charge is 2.27. The molecule has 4 nitrogen and oxygen atoms in total. The Balaban J connectivity index is 2.20. The first-order chi connectivity index (χ1) is 9.02. The number of nitrogens with one attached hydrogen (secondary N) is 1. The second kappa shape index (κ2) is 5.57. The summed E-state index contributed by atoms with van der Waals surface area (Å²) in [4.78, 5) is 1.99. The van der Waals surface area contributed by atoms with Crippen molar-refractivity contribution in [2.24, 2.45) is 11.7 Å². The van der Waals surface area contributed by atoms with Crippen molar-refractivity contribution in [3.05, 3.63) is 29.6 Å². The van der Waals surface area contributed by atoms with Gasteiger partial charge in [0.15, 0.2) is 0 Å². The van der Waals surface area contributed by atoms with Gasteiger partial charge in [0.1, 0.15) is 11.7 Å². The van der Waals surface area contributed by atoms with Crippen LogP contribution in [0.1, 0.15) is 18.9 Å². The number of anilines is 1. The molecule has 2 atom stereocenters. The second-order valence-electron chi connectivity index (χ2n) is 5.07. The minimum atomic E-state index is -0.336. The summed E-state index contributed by atoms with van der Waals surface area (Å²) >= 11 is 0. The number of hydrogen-bond donors (Lipinski definition) is 2. The van der Waals surface area contributed by atoms with Gasteiger partial charge >= 0.3 is 0 Å². The Morgan fingerprint density at radius 2 is 2.26 bits per heavy atom. The van der Waals surface area contributed by atoms with Crippen LogP contribution in [0.4, 0.5) is 10.1 Å². The van der Waals surface area contributed by atoms with Crippen LogP contribution in [0.15, 0.2) is 18.2 Å². The van der Waals surface area contributed by atoms with Gasteiger partial charge in [-0.25, -0.2) is 4.39 Å². The molecule has 0 radical (unpaired) electrons. The van der Waals surface area contributed by atoms with Crippen LogP contribution in [-0.4, -0.2) is 32.1 Å². The Bertz CT molecular complexity index is 478. The lowest BCUT2D eigenvalue weighted by Gasteiger charge is -2.37. The van der Waals surface area contributed by atoms with Crippen LogP contribution in [0.5, 0.6) is 0 Å². The number of nitrogen functional groups attached to an aromatic ring is 1. The molecule has 1 aliphatic heterocycles. The fourth-order valence-corrected chi connectivity index (χ4v) is 2.49. The average molecular weight is 265 g/mol. The van der Waals surface area contributed by atoms with Gasteiger partial charge in [0, 0.05) is 25.8 Å². The number of nitrogens with zero attached hydrogens (tertiary/aromatic N) is 1. The molecule has 0 amide bonds. The number of piperidine rings is 1. The summed E-state index contributed by atoms with van der Waals surface area (Å²) < 4.78 is 19.5. The Hall–Kier alpha value is -1.62. The molecule has 5 heteroatoms. The molecule has 1 aromatic rings. The molecule has 2 rings (SSSR count). The number of rotatable bonds is 3. The highest BCUT2D eigenvalue weighted by Crippen LogP contribution is 2.27. The first kappa shape index (κ1) is 13.8. The Kier molecular flexibility index (Phi) is 4.04. The van der Waals surface area contributed by atoms with E-state index in [2.05, 4.69) is 6.92 Å². The van der Waals surface area contributed by atoms with Gasteiger partial charge in [-0.15, -0.1) is 0 Å². The second-order valence-corrected chi connectivity index (χ2v) is 5.07. The van der Waals surface area contributed by atoms with E-state index in [1.807, 2.05) is 4.90 Å². The zero-order valence-electron chi connectivity index (χ0n) is 11.3. The first-order valence-corrected chi connectivity index (χ1v) is 6.44. The highest BCUT2D eigenvalue weighted by molar-refractivity contribution is 5.95. The third kappa shape index (κ3) is 2.87. The smallest absolute Gasteiger partial charge is 0.147 e. The predicted octanol–water partition coefficient (Wildman–Crippen LogP) is 1.97. The summed E-state index contributed by atoms with van der Waals surface area (Å²) in [5, 5.41) is 7.31. The monoisotopic (exact) mass is 265 g/mol. The van der Waals surface area contributed by atoms with Gasteiger partial charge in [-0.2, -0.15) is 0 Å². The van der Waals surface area contributed by atoms with Crippen LogP contribution in [0, 0.1) is 17.1 Å². The van der Waals surface area contributed by atoms with Crippen molar-refractivity contribution in [2.75, 3.05) is 25.1 Å². The minimum Gasteiger partial charge on any atom is -0.384 e. The third-order valence-corrected chi connectivity index (χ3v) is 3.79. The van der Waals surface area contributed by atoms with Crippen LogP contribution in [-0.2, 0) is 4.74 Å². The zero-order valence-corrected chi connectivity index (χ0v) is 11.3. The molecule has 104 valence electrons. The number of nitrogens with two attached hydrogens (primary N) is 1. The fourth-order valence-electron chi connectivity index (χ4n) is 2.49. The molecule has 1 aromatic carbocycles. The van der Waals surface area contributed by atoms with Crippen LogP contribution >= 0.6 is 0 Å². The SMILES string of the molecule is COC1CN(c2ccc(C(=N)N)cc2F)CCC1C. The summed E-state index contributed by atoms with van der Waals surface area (Å²) in [6.07, 6.45) is 1.10. The van der Waals surface area contributed by atoms with E-state index in [1.54, 1.807) is 19.2 Å². The quantitative estimate of drug-likeness (QED) is 0.649. The van der Waals surface area contributed by atoms with Crippen molar-refractivity contribution in [1.82, 2.24) is 0 Å². The van der Waals surface area contributed by atoms with E-state index in [0.29, 0.717) is 23.7 Å². The van der Waals surface area contributed by atoms with Crippen molar-refractivity contribution in [1.29, 1.82) is 5.41 Å². The standard InChI is InChI=1S/C14H20FN3O/c1-9-5-6-18(8-13(9)19-2)12-4-3-10(14(16)17)7-11(12)15/h3-4,7,9,13H,5-6,8H2,1-2H3,(H3,16,17). The molecular weight excluding hydrogens is 245 g/mol. The molecule has 19 heavy (non-hydrogen) atoms. The zero-order chi connectivity index (χ0) is 14.0. The average Bonchev–Trinajstić information content (AvgIpc) is 2.39. The molecule has 1 heterocycles. The first-order valence-electron chi connectivity index (χ1n) is 6.44. The third-order valence-electron chi connectivity index (χ3n) is 3.79. The normalized spacial score (nSPS) is 23.4. The number of benzene rings is 1. The van der Waals surface area contributed by atoms with E-state index >= 15 is 0 Å². The summed E-state index contributed by atoms with van der Waals surface area (Å²) in [5.41, 5.74) is 6.32. The largest absolute Gasteiger partial charge is 0.384 e. The molecule has 1 aliphatic rings. The van der Waals surface area contributed by atoms with Gasteiger partial charge < -0.3 is 15.4 Å². The Morgan fingerprint density at radius 3 is 2.84 bits per heavy atom. The molecule has 0 aromatic heterocycles. The Morgan fingerprint density at radius 1 is 1.53 bits per heavy atom. The molecule has 0 saturated carbocycles. The molecular formula is C14H20FN3O. The fraction of sp³-hybridized carbons (Fsp3) is 0.500. The van der Waals surface area contributed by atoms with Crippen molar-refractivity contribution in [3.8, 4) is 0 Å². The summed E-state index contributed by atoms with van der Waals surface area (Å²) in [5.74, 6) is 0.0328. The molecule has 3 N–H and O–H groups in total. The van der Waals surface area contributed by atoms with Crippen LogP contribution in [0.25, 0.3) is 0 Å². The van der Waals surface area contributed by atoms with Gasteiger partial charge in [0.05, 0.1) is 11.8 Å². The van der Waals surface area contributed by atoms with E-state index in [4.69, 9.17) is 15.9 Å². The van der Waals surface area contributed by atoms with E-state index in [0.717, 1.165) is 13.0 Å². The number of ether oxygens (including phenoxy) is 1. The maximum atomic E-state index is 14.1. The summed E-state index contributed by atoms with van der Waals surface area (Å²) in [7, 11) is 1.69. The lowest BCUT2D eigenvalue weighted by atomic mass is 9.95. The highest BCUT2D eigenvalue weighted by atomic mass is 19.1. The van der Waals surface area contributed by atoms with Crippen LogP contribution in [0.3, 0.4) is 0 Å². The van der Waals surface area contributed by atoms with Gasteiger partial charge in [-0.3, -0.25) is 5.41 Å². The topological polar surface area (TPSA) is 62.3 Å². The van der Waals surface area contributed by atoms with Crippen molar-refractivity contribution in [3.63, 3.8) is 0 Å². The maximum Gasteiger partial charge on any atom is 0.147 e. The molecule has 0 spiro atoms. The van der Waals surface area contributed by atoms with Crippen molar-refractivity contribution in [2.45, 2.75) is 19.4 Å². The van der Waals surface area contributed by atoms with Crippen molar-refractivity contribution >= 4 is 11.5 Å². The minimum absolute atomic E-state index is 0.118. The summed E-state index contributed by atoms with van der Waals surface area (Å²) in [6.45, 7) is 3.66. The van der Waals surface area contributed by atoms with Crippen LogP contribution in [0.2, 0.25) is 0 Å². The molecule has 0 bridgehead atoms. The molecule has 1 saturated heterocycles. The molecule has 2 unspecified atom stereocenters. The van der Waals surface area contributed by atoms with E-state index in [9.17, 15) is 4.39 Å². The molecule has 1 fully saturated rings. The lowest BCUT2D eigenvalue weighted by Crippen LogP contribution is -2.44. The van der Waals surface area contributed by atoms with E-state index in [-0.39, 0.29) is 17.8 Å². The number of methoxy groups -OCH3 is 1. The van der Waals surface area contributed by atoms with Gasteiger partial charge in [0.2, 0.25) is 0 Å². The van der Waals surface area contributed by atoms with Gasteiger partial charge in [-0.05, 0) is 30.5 Å². The molecule has 0 aliphatic carbocycles. The summed E-state index contributed by atoms with van der Waals surface area (Å²) in [6, 6.07) is 4.69. The number of hydrogen-bond acceptors (Lipinski definition) is 3. The van der Waals surface area contributed by atoms with Crippen molar-refractivity contribution < 1.29 is 9.13 Å². The number of amidine groups is 1. The van der Waals surface area contributed by atoms with E-state index < -0.39 is 0 Å². The lowest BCUT2D eigenvalue weighted by molar-refractivity contribution is 0.0497. The van der Waals surface area contributed by atoms with Gasteiger partial charge in [0.25, 0.3) is 0 Å². The predicted molar refractivity (Wildman–Crippen MR) is 74.2 cm³/mol. The van der Waals surface area contributed by atoms with Crippen LogP contribution < -0.4 is 10.6 Å².